The highest BCUT2D eigenvalue weighted by Gasteiger charge is 2.08. The summed E-state index contributed by atoms with van der Waals surface area (Å²) in [4.78, 5) is 15.8. The van der Waals surface area contributed by atoms with Crippen LogP contribution in [0.5, 0.6) is 0 Å². The van der Waals surface area contributed by atoms with Crippen LogP contribution in [0.4, 0.5) is 16.2 Å². The summed E-state index contributed by atoms with van der Waals surface area (Å²) in [6.07, 6.45) is 1.54. The lowest BCUT2D eigenvalue weighted by atomic mass is 10.3. The molecular formula is C16H12Cl2N4O. The van der Waals surface area contributed by atoms with Gasteiger partial charge in [0.05, 0.1) is 0 Å². The molecule has 3 aromatic rings. The first kappa shape index (κ1) is 15.4. The molecule has 3 rings (SSSR count). The summed E-state index contributed by atoms with van der Waals surface area (Å²) in [5.74, 6) is 0. The fourth-order valence-electron chi connectivity index (χ4n) is 2.01. The quantitative estimate of drug-likeness (QED) is 0.713. The maximum absolute atomic E-state index is 11.9. The SMILES string of the molecule is O=C(Nc1ccccc1)Nc1ccc(-n2cnc(Cl)c2Cl)cc1. The van der Waals surface area contributed by atoms with Gasteiger partial charge in [-0.25, -0.2) is 9.78 Å². The standard InChI is InChI=1S/C16H12Cl2N4O/c17-14-15(18)22(10-19-14)13-8-6-12(7-9-13)21-16(23)20-11-4-2-1-3-5-11/h1-10H,(H2,20,21,23). The Bertz CT molecular complexity index is 816. The number of aromatic nitrogens is 2. The second-order valence-electron chi connectivity index (χ2n) is 4.69. The van der Waals surface area contributed by atoms with Crippen LogP contribution in [0.1, 0.15) is 0 Å². The molecule has 0 saturated heterocycles. The number of nitrogens with zero attached hydrogens (tertiary/aromatic N) is 2. The second-order valence-corrected chi connectivity index (χ2v) is 5.40. The third kappa shape index (κ3) is 3.64. The van der Waals surface area contributed by atoms with Gasteiger partial charge in [0.2, 0.25) is 0 Å². The predicted molar refractivity (Wildman–Crippen MR) is 92.7 cm³/mol. The lowest BCUT2D eigenvalue weighted by Gasteiger charge is -2.09. The Morgan fingerprint density at radius 1 is 0.913 bits per heavy atom. The maximum atomic E-state index is 11.9. The van der Waals surface area contributed by atoms with Crippen molar-refractivity contribution < 1.29 is 4.79 Å². The van der Waals surface area contributed by atoms with Crippen LogP contribution in [0.15, 0.2) is 60.9 Å². The molecule has 116 valence electrons. The van der Waals surface area contributed by atoms with E-state index in [4.69, 9.17) is 23.2 Å². The highest BCUT2D eigenvalue weighted by Crippen LogP contribution is 2.24. The minimum atomic E-state index is -0.312. The van der Waals surface area contributed by atoms with Crippen LogP contribution in [0, 0.1) is 0 Å². The Balaban J connectivity index is 1.68. The van der Waals surface area contributed by atoms with Gasteiger partial charge in [-0.2, -0.15) is 0 Å². The molecule has 0 saturated carbocycles. The lowest BCUT2D eigenvalue weighted by Crippen LogP contribution is -2.19. The summed E-state index contributed by atoms with van der Waals surface area (Å²) in [5.41, 5.74) is 2.18. The van der Waals surface area contributed by atoms with E-state index in [-0.39, 0.29) is 11.2 Å². The van der Waals surface area contributed by atoms with Crippen LogP contribution < -0.4 is 10.6 Å². The second kappa shape index (κ2) is 6.73. The minimum Gasteiger partial charge on any atom is -0.308 e. The van der Waals surface area contributed by atoms with E-state index in [0.717, 1.165) is 11.4 Å². The molecular weight excluding hydrogens is 335 g/mol. The van der Waals surface area contributed by atoms with Gasteiger partial charge >= 0.3 is 6.03 Å². The zero-order valence-corrected chi connectivity index (χ0v) is 13.3. The molecule has 0 aliphatic rings. The number of benzene rings is 2. The third-order valence-electron chi connectivity index (χ3n) is 3.10. The summed E-state index contributed by atoms with van der Waals surface area (Å²) in [7, 11) is 0. The summed E-state index contributed by atoms with van der Waals surface area (Å²) in [6, 6.07) is 16.1. The molecule has 0 aliphatic heterocycles. The Labute approximate surface area is 142 Å². The van der Waals surface area contributed by atoms with Crippen molar-refractivity contribution in [1.82, 2.24) is 9.55 Å². The lowest BCUT2D eigenvalue weighted by molar-refractivity contribution is 0.262. The molecule has 5 nitrogen and oxygen atoms in total. The molecule has 7 heteroatoms. The molecule has 2 amide bonds. The van der Waals surface area contributed by atoms with E-state index in [2.05, 4.69) is 15.6 Å². The number of anilines is 2. The number of urea groups is 1. The van der Waals surface area contributed by atoms with Crippen molar-refractivity contribution in [2.24, 2.45) is 0 Å². The Hall–Kier alpha value is -2.50. The molecule has 1 aromatic heterocycles. The van der Waals surface area contributed by atoms with Gasteiger partial charge in [-0.05, 0) is 36.4 Å². The Morgan fingerprint density at radius 2 is 1.52 bits per heavy atom. The van der Waals surface area contributed by atoms with Gasteiger partial charge in [-0.15, -0.1) is 0 Å². The monoisotopic (exact) mass is 346 g/mol. The van der Waals surface area contributed by atoms with Gasteiger partial charge < -0.3 is 10.6 Å². The van der Waals surface area contributed by atoms with E-state index < -0.39 is 0 Å². The number of para-hydroxylation sites is 1. The molecule has 0 unspecified atom stereocenters. The van der Waals surface area contributed by atoms with Crippen molar-refractivity contribution in [3.05, 3.63) is 71.2 Å². The van der Waals surface area contributed by atoms with Crippen molar-refractivity contribution in [1.29, 1.82) is 0 Å². The zero-order valence-electron chi connectivity index (χ0n) is 11.8. The van der Waals surface area contributed by atoms with Gasteiger partial charge in [0.1, 0.15) is 6.33 Å². The molecule has 0 aliphatic carbocycles. The summed E-state index contributed by atoms with van der Waals surface area (Å²) in [5, 5.41) is 6.09. The van der Waals surface area contributed by atoms with E-state index in [1.807, 2.05) is 42.5 Å². The van der Waals surface area contributed by atoms with Gasteiger partial charge in [0, 0.05) is 17.1 Å². The van der Waals surface area contributed by atoms with Crippen LogP contribution in [-0.4, -0.2) is 15.6 Å². The van der Waals surface area contributed by atoms with E-state index in [0.29, 0.717) is 10.8 Å². The fourth-order valence-corrected chi connectivity index (χ4v) is 2.34. The van der Waals surface area contributed by atoms with Gasteiger partial charge in [-0.3, -0.25) is 4.57 Å². The highest BCUT2D eigenvalue weighted by molar-refractivity contribution is 6.40. The average molecular weight is 347 g/mol. The molecule has 2 N–H and O–H groups in total. The summed E-state index contributed by atoms with van der Waals surface area (Å²) >= 11 is 11.9. The van der Waals surface area contributed by atoms with E-state index >= 15 is 0 Å². The first-order chi connectivity index (χ1) is 11.1. The van der Waals surface area contributed by atoms with Crippen LogP contribution >= 0.6 is 23.2 Å². The van der Waals surface area contributed by atoms with Crippen molar-refractivity contribution in [3.63, 3.8) is 0 Å². The molecule has 0 radical (unpaired) electrons. The highest BCUT2D eigenvalue weighted by atomic mass is 35.5. The first-order valence-corrected chi connectivity index (χ1v) is 7.51. The average Bonchev–Trinajstić information content (AvgIpc) is 2.89. The van der Waals surface area contributed by atoms with Crippen LogP contribution in [0.2, 0.25) is 10.3 Å². The van der Waals surface area contributed by atoms with Crippen LogP contribution in [0.3, 0.4) is 0 Å². The zero-order chi connectivity index (χ0) is 16.2. The maximum Gasteiger partial charge on any atom is 0.323 e. The molecule has 23 heavy (non-hydrogen) atoms. The summed E-state index contributed by atoms with van der Waals surface area (Å²) < 4.78 is 1.65. The Morgan fingerprint density at radius 3 is 2.09 bits per heavy atom. The van der Waals surface area contributed by atoms with Crippen LogP contribution in [0.25, 0.3) is 5.69 Å². The number of hydrogen-bond donors (Lipinski definition) is 2. The number of halogens is 2. The van der Waals surface area contributed by atoms with Crippen molar-refractivity contribution in [3.8, 4) is 5.69 Å². The third-order valence-corrected chi connectivity index (χ3v) is 3.84. The fraction of sp³-hybridized carbons (Fsp3) is 0. The van der Waals surface area contributed by atoms with Gasteiger partial charge in [0.25, 0.3) is 0 Å². The van der Waals surface area contributed by atoms with Crippen molar-refractivity contribution >= 4 is 40.6 Å². The van der Waals surface area contributed by atoms with E-state index in [1.54, 1.807) is 16.7 Å². The topological polar surface area (TPSA) is 59.0 Å². The van der Waals surface area contributed by atoms with Gasteiger partial charge in [-0.1, -0.05) is 41.4 Å². The van der Waals surface area contributed by atoms with Crippen molar-refractivity contribution in [2.45, 2.75) is 0 Å². The number of imidazole rings is 1. The smallest absolute Gasteiger partial charge is 0.308 e. The Kier molecular flexibility index (Phi) is 4.50. The number of rotatable bonds is 3. The minimum absolute atomic E-state index is 0.246. The van der Waals surface area contributed by atoms with Crippen LogP contribution in [-0.2, 0) is 0 Å². The molecule has 1 heterocycles. The summed E-state index contributed by atoms with van der Waals surface area (Å²) in [6.45, 7) is 0. The molecule has 0 bridgehead atoms. The van der Waals surface area contributed by atoms with Crippen molar-refractivity contribution in [2.75, 3.05) is 10.6 Å². The predicted octanol–water partition coefficient (Wildman–Crippen LogP) is 4.82. The number of amides is 2. The number of carbonyl (C=O) groups excluding carboxylic acids is 1. The molecule has 0 fully saturated rings. The molecule has 0 atom stereocenters. The number of nitrogens with one attached hydrogen (secondary N) is 2. The number of hydrogen-bond acceptors (Lipinski definition) is 2. The number of carbonyl (C=O) groups is 1. The van der Waals surface area contributed by atoms with E-state index in [9.17, 15) is 4.79 Å². The molecule has 0 spiro atoms. The largest absolute Gasteiger partial charge is 0.323 e. The first-order valence-electron chi connectivity index (χ1n) is 6.75. The normalized spacial score (nSPS) is 10.3. The molecule has 2 aromatic carbocycles. The van der Waals surface area contributed by atoms with Gasteiger partial charge in [0.15, 0.2) is 10.3 Å². The van der Waals surface area contributed by atoms with E-state index in [1.165, 1.54) is 6.33 Å².